The van der Waals surface area contributed by atoms with Crippen LogP contribution in [0.5, 0.6) is 5.88 Å². The van der Waals surface area contributed by atoms with Crippen LogP contribution in [0.15, 0.2) is 36.4 Å². The average molecular weight is 189 g/mol. The summed E-state index contributed by atoms with van der Waals surface area (Å²) < 4.78 is 5.20. The van der Waals surface area contributed by atoms with E-state index in [0.29, 0.717) is 5.88 Å². The highest BCUT2D eigenvalue weighted by Crippen LogP contribution is 2.15. The predicted molar refractivity (Wildman–Crippen MR) is 54.3 cm³/mol. The lowest BCUT2D eigenvalue weighted by Gasteiger charge is -2.03. The van der Waals surface area contributed by atoms with Crippen molar-refractivity contribution in [3.8, 4) is 5.88 Å². The third-order valence-corrected chi connectivity index (χ3v) is 1.91. The van der Waals surface area contributed by atoms with Gasteiger partial charge in [0.25, 0.3) is 0 Å². The topological polar surface area (TPSA) is 42.4 Å². The molecule has 0 saturated heterocycles. The minimum atomic E-state index is 0.00844. The van der Waals surface area contributed by atoms with Crippen LogP contribution in [0, 0.1) is 0 Å². The molecule has 0 atom stereocenters. The second kappa shape index (κ2) is 4.07. The maximum atomic E-state index is 8.59. The fraction of sp³-hybridized carbons (Fsp3) is 0.182. The first-order chi connectivity index (χ1) is 6.90. The van der Waals surface area contributed by atoms with E-state index in [9.17, 15) is 0 Å². The van der Waals surface area contributed by atoms with Gasteiger partial charge in [0.1, 0.15) is 6.61 Å². The van der Waals surface area contributed by atoms with Gasteiger partial charge in [-0.1, -0.05) is 18.2 Å². The van der Waals surface area contributed by atoms with Gasteiger partial charge < -0.3 is 9.84 Å². The number of pyridine rings is 1. The number of benzene rings is 1. The van der Waals surface area contributed by atoms with Crippen LogP contribution >= 0.6 is 0 Å². The Hall–Kier alpha value is -1.61. The molecule has 1 heterocycles. The standard InChI is InChI=1S/C11H11NO2/c13-7-8-14-11-6-5-9-3-1-2-4-10(9)12-11/h1-6,13H,7-8H2. The summed E-state index contributed by atoms with van der Waals surface area (Å²) in [6, 6.07) is 11.6. The third kappa shape index (κ3) is 1.83. The Morgan fingerprint density at radius 1 is 1.14 bits per heavy atom. The Kier molecular flexibility index (Phi) is 2.60. The summed E-state index contributed by atoms with van der Waals surface area (Å²) in [4.78, 5) is 4.28. The summed E-state index contributed by atoms with van der Waals surface area (Å²) in [5, 5.41) is 9.67. The third-order valence-electron chi connectivity index (χ3n) is 1.91. The van der Waals surface area contributed by atoms with Crippen LogP contribution in [0.3, 0.4) is 0 Å². The van der Waals surface area contributed by atoms with Crippen LogP contribution in [0.4, 0.5) is 0 Å². The second-order valence-corrected chi connectivity index (χ2v) is 2.91. The predicted octanol–water partition coefficient (Wildman–Crippen LogP) is 1.61. The van der Waals surface area contributed by atoms with E-state index >= 15 is 0 Å². The Morgan fingerprint density at radius 2 is 2.00 bits per heavy atom. The van der Waals surface area contributed by atoms with Crippen molar-refractivity contribution in [2.24, 2.45) is 0 Å². The summed E-state index contributed by atoms with van der Waals surface area (Å²) in [6.07, 6.45) is 0. The van der Waals surface area contributed by atoms with Gasteiger partial charge >= 0.3 is 0 Å². The fourth-order valence-corrected chi connectivity index (χ4v) is 1.28. The van der Waals surface area contributed by atoms with Gasteiger partial charge in [-0.25, -0.2) is 4.98 Å². The minimum absolute atomic E-state index is 0.00844. The molecule has 0 bridgehead atoms. The van der Waals surface area contributed by atoms with Gasteiger partial charge in [-0.3, -0.25) is 0 Å². The molecule has 72 valence electrons. The molecule has 0 aliphatic carbocycles. The van der Waals surface area contributed by atoms with Gasteiger partial charge in [-0.2, -0.15) is 0 Å². The number of fused-ring (bicyclic) bond motifs is 1. The first-order valence-corrected chi connectivity index (χ1v) is 4.49. The summed E-state index contributed by atoms with van der Waals surface area (Å²) in [5.41, 5.74) is 0.905. The lowest BCUT2D eigenvalue weighted by atomic mass is 10.2. The number of para-hydroxylation sites is 1. The number of rotatable bonds is 3. The Labute approximate surface area is 82.0 Å². The van der Waals surface area contributed by atoms with Gasteiger partial charge in [-0.15, -0.1) is 0 Å². The molecular weight excluding hydrogens is 178 g/mol. The minimum Gasteiger partial charge on any atom is -0.475 e. The molecule has 0 saturated carbocycles. The first kappa shape index (κ1) is 8.97. The van der Waals surface area contributed by atoms with E-state index in [4.69, 9.17) is 9.84 Å². The zero-order valence-corrected chi connectivity index (χ0v) is 7.68. The van der Waals surface area contributed by atoms with E-state index < -0.39 is 0 Å². The number of aromatic nitrogens is 1. The number of nitrogens with zero attached hydrogens (tertiary/aromatic N) is 1. The van der Waals surface area contributed by atoms with Crippen LogP contribution in [-0.4, -0.2) is 23.3 Å². The van der Waals surface area contributed by atoms with Gasteiger partial charge in [-0.05, 0) is 12.1 Å². The van der Waals surface area contributed by atoms with E-state index in [0.717, 1.165) is 10.9 Å². The smallest absolute Gasteiger partial charge is 0.213 e. The van der Waals surface area contributed by atoms with Crippen molar-refractivity contribution >= 4 is 10.9 Å². The molecule has 1 aromatic carbocycles. The largest absolute Gasteiger partial charge is 0.475 e. The molecule has 0 fully saturated rings. The van der Waals surface area contributed by atoms with Crippen molar-refractivity contribution in [2.45, 2.75) is 0 Å². The molecule has 2 rings (SSSR count). The molecule has 3 nitrogen and oxygen atoms in total. The summed E-state index contributed by atoms with van der Waals surface area (Å²) in [6.45, 7) is 0.292. The van der Waals surface area contributed by atoms with E-state index in [-0.39, 0.29) is 13.2 Å². The number of aliphatic hydroxyl groups is 1. The molecule has 14 heavy (non-hydrogen) atoms. The molecule has 0 radical (unpaired) electrons. The van der Waals surface area contributed by atoms with Crippen LogP contribution in [0.2, 0.25) is 0 Å². The maximum Gasteiger partial charge on any atom is 0.213 e. The van der Waals surface area contributed by atoms with Crippen molar-refractivity contribution < 1.29 is 9.84 Å². The van der Waals surface area contributed by atoms with Crippen molar-refractivity contribution in [3.63, 3.8) is 0 Å². The summed E-state index contributed by atoms with van der Waals surface area (Å²) in [7, 11) is 0. The lowest BCUT2D eigenvalue weighted by molar-refractivity contribution is 0.197. The monoisotopic (exact) mass is 189 g/mol. The number of hydrogen-bond acceptors (Lipinski definition) is 3. The number of ether oxygens (including phenoxy) is 1. The van der Waals surface area contributed by atoms with Gasteiger partial charge in [0, 0.05) is 11.5 Å². The van der Waals surface area contributed by atoms with Crippen molar-refractivity contribution in [3.05, 3.63) is 36.4 Å². The molecule has 1 aromatic heterocycles. The van der Waals surface area contributed by atoms with Gasteiger partial charge in [0.05, 0.1) is 12.1 Å². The van der Waals surface area contributed by atoms with Crippen molar-refractivity contribution in [1.29, 1.82) is 0 Å². The van der Waals surface area contributed by atoms with Crippen molar-refractivity contribution in [2.75, 3.05) is 13.2 Å². The second-order valence-electron chi connectivity index (χ2n) is 2.91. The first-order valence-electron chi connectivity index (χ1n) is 4.49. The summed E-state index contributed by atoms with van der Waals surface area (Å²) in [5.74, 6) is 0.553. The molecule has 3 heteroatoms. The Bertz CT molecular complexity index is 428. The summed E-state index contributed by atoms with van der Waals surface area (Å²) >= 11 is 0. The number of hydrogen-bond donors (Lipinski definition) is 1. The molecular formula is C11H11NO2. The SMILES string of the molecule is OCCOc1ccc2ccccc2n1. The molecule has 0 spiro atoms. The zero-order chi connectivity index (χ0) is 9.80. The van der Waals surface area contributed by atoms with E-state index in [1.807, 2.05) is 30.3 Å². The lowest BCUT2D eigenvalue weighted by Crippen LogP contribution is -2.02. The van der Waals surface area contributed by atoms with Crippen LogP contribution < -0.4 is 4.74 Å². The molecule has 0 unspecified atom stereocenters. The van der Waals surface area contributed by atoms with Crippen LogP contribution in [-0.2, 0) is 0 Å². The normalized spacial score (nSPS) is 10.4. The van der Waals surface area contributed by atoms with E-state index in [1.165, 1.54) is 0 Å². The highest BCUT2D eigenvalue weighted by atomic mass is 16.5. The Balaban J connectivity index is 2.32. The molecule has 0 aliphatic heterocycles. The molecule has 0 aliphatic rings. The van der Waals surface area contributed by atoms with Crippen LogP contribution in [0.1, 0.15) is 0 Å². The quantitative estimate of drug-likeness (QED) is 0.797. The van der Waals surface area contributed by atoms with Crippen LogP contribution in [0.25, 0.3) is 10.9 Å². The zero-order valence-electron chi connectivity index (χ0n) is 7.68. The van der Waals surface area contributed by atoms with E-state index in [2.05, 4.69) is 4.98 Å². The number of aliphatic hydroxyl groups excluding tert-OH is 1. The molecule has 2 aromatic rings. The van der Waals surface area contributed by atoms with Gasteiger partial charge in [0.15, 0.2) is 0 Å². The highest BCUT2D eigenvalue weighted by molar-refractivity contribution is 5.78. The maximum absolute atomic E-state index is 8.59. The Morgan fingerprint density at radius 3 is 2.86 bits per heavy atom. The molecule has 0 amide bonds. The van der Waals surface area contributed by atoms with E-state index in [1.54, 1.807) is 6.07 Å². The van der Waals surface area contributed by atoms with Gasteiger partial charge in [0.2, 0.25) is 5.88 Å². The molecule has 1 N–H and O–H groups in total. The fourth-order valence-electron chi connectivity index (χ4n) is 1.28. The average Bonchev–Trinajstić information content (AvgIpc) is 2.26. The van der Waals surface area contributed by atoms with Crippen molar-refractivity contribution in [1.82, 2.24) is 4.98 Å². The highest BCUT2D eigenvalue weighted by Gasteiger charge is 1.97.